The first-order valence-corrected chi connectivity index (χ1v) is 6.31. The third kappa shape index (κ3) is 3.63. The molecule has 1 aromatic heterocycles. The SMILES string of the molecule is Nc1nc(N)nc(N[N+]2(CC(O)CO)CCOCC2)n1. The monoisotopic (exact) mass is 286 g/mol. The largest absolute Gasteiger partial charge is 0.393 e. The number of rotatable bonds is 5. The minimum absolute atomic E-state index is 0.0223. The minimum atomic E-state index is -0.850. The van der Waals surface area contributed by atoms with Crippen molar-refractivity contribution >= 4 is 17.8 Å². The van der Waals surface area contributed by atoms with Crippen LogP contribution in [0.25, 0.3) is 0 Å². The summed E-state index contributed by atoms with van der Waals surface area (Å²) in [5.74, 6) is 0.283. The highest BCUT2D eigenvalue weighted by Gasteiger charge is 2.34. The van der Waals surface area contributed by atoms with Gasteiger partial charge in [-0.2, -0.15) is 20.4 Å². The predicted molar refractivity (Wildman–Crippen MR) is 71.0 cm³/mol. The lowest BCUT2D eigenvalue weighted by Gasteiger charge is -2.40. The van der Waals surface area contributed by atoms with Crippen molar-refractivity contribution < 1.29 is 19.5 Å². The number of aliphatic hydroxyl groups is 2. The molecule has 0 saturated carbocycles. The lowest BCUT2D eigenvalue weighted by molar-refractivity contribution is -0.918. The van der Waals surface area contributed by atoms with E-state index in [1.165, 1.54) is 0 Å². The van der Waals surface area contributed by atoms with Gasteiger partial charge in [-0.05, 0) is 0 Å². The number of hydrogen-bond acceptors (Lipinski definition) is 9. The van der Waals surface area contributed by atoms with Gasteiger partial charge in [-0.1, -0.05) is 0 Å². The summed E-state index contributed by atoms with van der Waals surface area (Å²) in [5, 5.41) is 18.7. The second kappa shape index (κ2) is 6.13. The third-order valence-electron chi connectivity index (χ3n) is 3.11. The summed E-state index contributed by atoms with van der Waals surface area (Å²) >= 11 is 0. The Hall–Kier alpha value is -1.75. The van der Waals surface area contributed by atoms with E-state index in [4.69, 9.17) is 21.3 Å². The molecule has 0 radical (unpaired) electrons. The van der Waals surface area contributed by atoms with Crippen molar-refractivity contribution in [2.75, 3.05) is 56.3 Å². The number of ether oxygens (including phenoxy) is 1. The van der Waals surface area contributed by atoms with Gasteiger partial charge in [0.25, 0.3) is 5.95 Å². The van der Waals surface area contributed by atoms with Gasteiger partial charge < -0.3 is 26.4 Å². The van der Waals surface area contributed by atoms with E-state index < -0.39 is 6.10 Å². The maximum Gasteiger partial charge on any atom is 0.275 e. The predicted octanol–water partition coefficient (Wildman–Crippen LogP) is -2.44. The van der Waals surface area contributed by atoms with E-state index in [1.807, 2.05) is 0 Å². The van der Waals surface area contributed by atoms with Gasteiger partial charge in [0.1, 0.15) is 25.7 Å². The molecule has 112 valence electrons. The molecule has 1 unspecified atom stereocenters. The van der Waals surface area contributed by atoms with Crippen molar-refractivity contribution in [3.05, 3.63) is 0 Å². The Kier molecular flexibility index (Phi) is 4.49. The van der Waals surface area contributed by atoms with Crippen molar-refractivity contribution in [1.82, 2.24) is 15.0 Å². The number of nitrogens with zero attached hydrogens (tertiary/aromatic N) is 4. The molecule has 1 aromatic rings. The molecule has 1 atom stereocenters. The van der Waals surface area contributed by atoms with Crippen molar-refractivity contribution in [2.24, 2.45) is 0 Å². The highest BCUT2D eigenvalue weighted by atomic mass is 16.5. The highest BCUT2D eigenvalue weighted by Crippen LogP contribution is 2.15. The molecule has 0 amide bonds. The Morgan fingerprint density at radius 2 is 1.80 bits per heavy atom. The molecule has 0 aromatic carbocycles. The molecule has 10 heteroatoms. The average Bonchev–Trinajstić information content (AvgIpc) is 2.38. The van der Waals surface area contributed by atoms with Crippen LogP contribution in [0.15, 0.2) is 0 Å². The topological polar surface area (TPSA) is 152 Å². The molecule has 0 spiro atoms. The van der Waals surface area contributed by atoms with Gasteiger partial charge in [0.05, 0.1) is 19.8 Å². The smallest absolute Gasteiger partial charge is 0.275 e. The van der Waals surface area contributed by atoms with Crippen molar-refractivity contribution in [1.29, 1.82) is 0 Å². The molecular weight excluding hydrogens is 266 g/mol. The average molecular weight is 286 g/mol. The van der Waals surface area contributed by atoms with Crippen LogP contribution in [0.3, 0.4) is 0 Å². The maximum atomic E-state index is 9.71. The van der Waals surface area contributed by atoms with Crippen LogP contribution >= 0.6 is 0 Å². The van der Waals surface area contributed by atoms with Gasteiger partial charge in [0.15, 0.2) is 0 Å². The van der Waals surface area contributed by atoms with Crippen LogP contribution in [-0.2, 0) is 4.74 Å². The Morgan fingerprint density at radius 1 is 1.20 bits per heavy atom. The van der Waals surface area contributed by atoms with Crippen LogP contribution in [0.1, 0.15) is 0 Å². The third-order valence-corrected chi connectivity index (χ3v) is 3.11. The lowest BCUT2D eigenvalue weighted by Crippen LogP contribution is -2.62. The van der Waals surface area contributed by atoms with Gasteiger partial charge in [-0.15, -0.1) is 0 Å². The fraction of sp³-hybridized carbons (Fsp3) is 0.700. The molecular formula is C10H20N7O3+. The quantitative estimate of drug-likeness (QED) is 0.372. The summed E-state index contributed by atoms with van der Waals surface area (Å²) in [5.41, 5.74) is 14.2. The van der Waals surface area contributed by atoms with Crippen LogP contribution < -0.4 is 16.9 Å². The van der Waals surface area contributed by atoms with Gasteiger partial charge in [-0.25, -0.2) is 4.59 Å². The first-order valence-electron chi connectivity index (χ1n) is 6.31. The van der Waals surface area contributed by atoms with Crippen molar-refractivity contribution in [2.45, 2.75) is 6.10 Å². The molecule has 2 rings (SSSR count). The molecule has 2 heterocycles. The number of aliphatic hydroxyl groups excluding tert-OH is 2. The standard InChI is InChI=1S/C10H20N7O3/c11-8-13-9(12)15-10(14-8)16-17(5-7(19)6-18)1-3-20-4-2-17/h7,18-19H,1-6H2,(H5,11,12,13,14,15,16)/q+1. The number of nitrogens with one attached hydrogen (secondary N) is 1. The Morgan fingerprint density at radius 3 is 2.35 bits per heavy atom. The molecule has 1 aliphatic heterocycles. The van der Waals surface area contributed by atoms with E-state index >= 15 is 0 Å². The molecule has 20 heavy (non-hydrogen) atoms. The fourth-order valence-electron chi connectivity index (χ4n) is 2.17. The van der Waals surface area contributed by atoms with E-state index in [2.05, 4.69) is 20.4 Å². The van der Waals surface area contributed by atoms with E-state index in [-0.39, 0.29) is 29.0 Å². The maximum absolute atomic E-state index is 9.71. The zero-order chi connectivity index (χ0) is 14.6. The Bertz CT molecular complexity index is 432. The van der Waals surface area contributed by atoms with Crippen LogP contribution in [0.5, 0.6) is 0 Å². The minimum Gasteiger partial charge on any atom is -0.393 e. The fourth-order valence-corrected chi connectivity index (χ4v) is 2.17. The summed E-state index contributed by atoms with van der Waals surface area (Å²) in [6.07, 6.45) is -0.850. The summed E-state index contributed by atoms with van der Waals surface area (Å²) in [6, 6.07) is 0. The van der Waals surface area contributed by atoms with Crippen LogP contribution in [0, 0.1) is 0 Å². The first-order chi connectivity index (χ1) is 9.53. The van der Waals surface area contributed by atoms with Gasteiger partial charge in [-0.3, -0.25) is 0 Å². The van der Waals surface area contributed by atoms with Gasteiger partial charge >= 0.3 is 0 Å². The molecule has 0 aliphatic carbocycles. The van der Waals surface area contributed by atoms with Crippen molar-refractivity contribution in [3.63, 3.8) is 0 Å². The van der Waals surface area contributed by atoms with E-state index in [9.17, 15) is 5.11 Å². The zero-order valence-electron chi connectivity index (χ0n) is 11.1. The lowest BCUT2D eigenvalue weighted by atomic mass is 10.3. The number of morpholine rings is 1. The molecule has 1 saturated heterocycles. The Balaban J connectivity index is 2.18. The number of nitrogen functional groups attached to an aromatic ring is 2. The number of nitrogens with two attached hydrogens (primary N) is 2. The van der Waals surface area contributed by atoms with E-state index in [0.717, 1.165) is 0 Å². The van der Waals surface area contributed by atoms with Crippen LogP contribution in [-0.4, -0.2) is 75.3 Å². The second-order valence-electron chi connectivity index (χ2n) is 4.71. The van der Waals surface area contributed by atoms with Crippen LogP contribution in [0.4, 0.5) is 17.8 Å². The molecule has 7 N–H and O–H groups in total. The second-order valence-corrected chi connectivity index (χ2v) is 4.71. The molecule has 1 fully saturated rings. The summed E-state index contributed by atoms with van der Waals surface area (Å²) < 4.78 is 5.61. The van der Waals surface area contributed by atoms with Crippen LogP contribution in [0.2, 0.25) is 0 Å². The zero-order valence-corrected chi connectivity index (χ0v) is 11.1. The highest BCUT2D eigenvalue weighted by molar-refractivity contribution is 5.35. The normalized spacial score (nSPS) is 19.5. The number of quaternary nitrogens is 1. The molecule has 1 aliphatic rings. The summed E-state index contributed by atoms with van der Waals surface area (Å²) in [4.78, 5) is 11.6. The Labute approximate surface area is 116 Å². The summed E-state index contributed by atoms with van der Waals surface area (Å²) in [6.45, 7) is 2.24. The number of aromatic nitrogens is 3. The van der Waals surface area contributed by atoms with E-state index in [0.29, 0.717) is 32.8 Å². The summed E-state index contributed by atoms with van der Waals surface area (Å²) in [7, 11) is 0. The number of hydrogen-bond donors (Lipinski definition) is 5. The molecule has 0 bridgehead atoms. The van der Waals surface area contributed by atoms with Gasteiger partial charge in [0.2, 0.25) is 11.9 Å². The number of anilines is 3. The van der Waals surface area contributed by atoms with Gasteiger partial charge in [0, 0.05) is 0 Å². The van der Waals surface area contributed by atoms with Crippen molar-refractivity contribution in [3.8, 4) is 0 Å². The first kappa shape index (κ1) is 14.7. The molecule has 10 nitrogen and oxygen atoms in total. The van der Waals surface area contributed by atoms with E-state index in [1.54, 1.807) is 0 Å².